The first-order valence-corrected chi connectivity index (χ1v) is 12.2. The van der Waals surface area contributed by atoms with E-state index in [1.165, 1.54) is 4.90 Å². The lowest BCUT2D eigenvalue weighted by molar-refractivity contribution is -0.321. The molecule has 3 fully saturated rings. The number of hydrogen-bond donors (Lipinski definition) is 3. The third-order valence-electron chi connectivity index (χ3n) is 7.62. The molecule has 0 aromatic rings. The zero-order valence-corrected chi connectivity index (χ0v) is 21.3. The van der Waals surface area contributed by atoms with Crippen LogP contribution in [0.5, 0.6) is 0 Å². The predicted octanol–water partition coefficient (Wildman–Crippen LogP) is 1.38. The van der Waals surface area contributed by atoms with Crippen molar-refractivity contribution in [2.75, 3.05) is 19.7 Å². The van der Waals surface area contributed by atoms with Crippen LogP contribution in [0.2, 0.25) is 0 Å². The van der Waals surface area contributed by atoms with Gasteiger partial charge in [0.05, 0.1) is 6.04 Å². The molecule has 2 saturated heterocycles. The van der Waals surface area contributed by atoms with Gasteiger partial charge in [0.25, 0.3) is 5.91 Å². The highest BCUT2D eigenvalue weighted by atomic mass is 19.4. The number of nitrogens with zero attached hydrogens (tertiary/aromatic N) is 1. The van der Waals surface area contributed by atoms with Crippen LogP contribution in [0.25, 0.3) is 0 Å². The van der Waals surface area contributed by atoms with Crippen LogP contribution in [0, 0.1) is 28.6 Å². The number of nitrogens with one attached hydrogen (secondary N) is 2. The van der Waals surface area contributed by atoms with Gasteiger partial charge in [-0.05, 0) is 41.9 Å². The Morgan fingerprint density at radius 1 is 1.25 bits per heavy atom. The lowest BCUT2D eigenvalue weighted by Crippen LogP contribution is -2.56. The molecule has 2 heterocycles. The monoisotopic (exact) mass is 519 g/mol. The standard InChI is InChI=1S/C24H36F3N3O6/c1-22(2,3)9-15(31)21(35)30-10-13-17(23(13,4)5)18(30)20(34)29-14(8-12-6-7-28-19(12)33)16(32)11-36-24(25,26)27/h12-15,17-18,31H,6-11H2,1-5H3,(H,28,33)(H,29,34)/t12-,13-,14-,15+,17-,18-/m0/s1. The van der Waals surface area contributed by atoms with Gasteiger partial charge in [0.15, 0.2) is 5.78 Å². The summed E-state index contributed by atoms with van der Waals surface area (Å²) in [5.41, 5.74) is -0.593. The van der Waals surface area contributed by atoms with Gasteiger partial charge in [-0.1, -0.05) is 34.6 Å². The fourth-order valence-electron chi connectivity index (χ4n) is 5.61. The Morgan fingerprint density at radius 2 is 1.89 bits per heavy atom. The van der Waals surface area contributed by atoms with E-state index < -0.39 is 54.7 Å². The fraction of sp³-hybridized carbons (Fsp3) is 0.833. The maximum Gasteiger partial charge on any atom is 0.522 e. The van der Waals surface area contributed by atoms with E-state index in [1.807, 2.05) is 34.6 Å². The highest BCUT2D eigenvalue weighted by molar-refractivity contribution is 5.95. The van der Waals surface area contributed by atoms with Crippen molar-refractivity contribution < 1.29 is 42.2 Å². The number of ether oxygens (including phenoxy) is 1. The molecule has 1 saturated carbocycles. The molecule has 36 heavy (non-hydrogen) atoms. The number of likely N-dealkylation sites (tertiary alicyclic amines) is 1. The number of Topliss-reactive ketones (excluding diaryl/α,β-unsaturated/α-hetero) is 1. The van der Waals surface area contributed by atoms with Crippen molar-refractivity contribution in [2.24, 2.45) is 28.6 Å². The molecule has 6 atom stereocenters. The van der Waals surface area contributed by atoms with Crippen LogP contribution in [-0.4, -0.2) is 77.8 Å². The number of aliphatic hydroxyl groups excluding tert-OH is 1. The van der Waals surface area contributed by atoms with Crippen molar-refractivity contribution in [1.29, 1.82) is 0 Å². The van der Waals surface area contributed by atoms with Crippen LogP contribution in [0.15, 0.2) is 0 Å². The van der Waals surface area contributed by atoms with Gasteiger partial charge in [-0.15, -0.1) is 13.2 Å². The van der Waals surface area contributed by atoms with E-state index in [2.05, 4.69) is 15.4 Å². The largest absolute Gasteiger partial charge is 0.522 e. The van der Waals surface area contributed by atoms with E-state index in [9.17, 15) is 37.5 Å². The minimum absolute atomic E-state index is 0.0161. The first-order chi connectivity index (χ1) is 16.4. The first kappa shape index (κ1) is 28.4. The van der Waals surface area contributed by atoms with Crippen LogP contribution < -0.4 is 10.6 Å². The Kier molecular flexibility index (Phi) is 7.82. The van der Waals surface area contributed by atoms with E-state index in [1.54, 1.807) is 0 Å². The molecule has 0 aromatic heterocycles. The molecular formula is C24H36F3N3O6. The second kappa shape index (κ2) is 9.92. The number of alkyl halides is 3. The smallest absolute Gasteiger partial charge is 0.383 e. The normalized spacial score (nSPS) is 28.8. The van der Waals surface area contributed by atoms with Gasteiger partial charge in [-0.2, -0.15) is 0 Å². The molecule has 3 rings (SSSR count). The van der Waals surface area contributed by atoms with Gasteiger partial charge in [0, 0.05) is 19.0 Å². The topological polar surface area (TPSA) is 125 Å². The minimum atomic E-state index is -5.03. The second-order valence-corrected chi connectivity index (χ2v) is 11.9. The van der Waals surface area contributed by atoms with Gasteiger partial charge < -0.3 is 20.6 Å². The number of rotatable bonds is 9. The third kappa shape index (κ3) is 6.37. The number of halogens is 3. The number of fused-ring (bicyclic) bond motifs is 1. The van der Waals surface area contributed by atoms with E-state index in [-0.39, 0.29) is 48.0 Å². The average Bonchev–Trinajstić information content (AvgIpc) is 3.09. The Labute approximate surface area is 208 Å². The minimum Gasteiger partial charge on any atom is -0.383 e. The summed E-state index contributed by atoms with van der Waals surface area (Å²) in [5.74, 6) is -3.49. The Balaban J connectivity index is 1.78. The molecule has 3 amide bonds. The highest BCUT2D eigenvalue weighted by Gasteiger charge is 2.69. The van der Waals surface area contributed by atoms with Gasteiger partial charge in [-0.25, -0.2) is 0 Å². The molecule has 3 aliphatic rings. The summed E-state index contributed by atoms with van der Waals surface area (Å²) in [4.78, 5) is 52.6. The Morgan fingerprint density at radius 3 is 2.42 bits per heavy atom. The van der Waals surface area contributed by atoms with Crippen molar-refractivity contribution in [3.63, 3.8) is 0 Å². The summed E-state index contributed by atoms with van der Waals surface area (Å²) in [6, 6.07) is -2.38. The number of piperidine rings is 1. The molecule has 9 nitrogen and oxygen atoms in total. The van der Waals surface area contributed by atoms with Crippen LogP contribution >= 0.6 is 0 Å². The molecule has 2 aliphatic heterocycles. The summed E-state index contributed by atoms with van der Waals surface area (Å²) in [7, 11) is 0. The number of ketones is 1. The van der Waals surface area contributed by atoms with Gasteiger partial charge in [0.2, 0.25) is 11.8 Å². The molecule has 0 bridgehead atoms. The van der Waals surface area contributed by atoms with E-state index in [4.69, 9.17) is 0 Å². The Bertz CT molecular complexity index is 901. The summed E-state index contributed by atoms with van der Waals surface area (Å²) in [5, 5.41) is 15.7. The van der Waals surface area contributed by atoms with Crippen LogP contribution in [-0.2, 0) is 23.9 Å². The molecule has 12 heteroatoms. The molecule has 0 unspecified atom stereocenters. The van der Waals surface area contributed by atoms with Gasteiger partial charge in [0.1, 0.15) is 18.8 Å². The van der Waals surface area contributed by atoms with E-state index in [0.29, 0.717) is 13.0 Å². The van der Waals surface area contributed by atoms with Crippen molar-refractivity contribution >= 4 is 23.5 Å². The number of carbonyl (C=O) groups excluding carboxylic acids is 4. The van der Waals surface area contributed by atoms with Crippen molar-refractivity contribution in [3.8, 4) is 0 Å². The lowest BCUT2D eigenvalue weighted by Gasteiger charge is -2.34. The number of hydrogen-bond acceptors (Lipinski definition) is 6. The molecular weight excluding hydrogens is 483 g/mol. The first-order valence-electron chi connectivity index (χ1n) is 12.2. The second-order valence-electron chi connectivity index (χ2n) is 11.9. The summed E-state index contributed by atoms with van der Waals surface area (Å²) in [6.07, 6.45) is -5.97. The SMILES string of the molecule is CC(C)(C)C[C@@H](O)C(=O)N1C[C@H]2[C@@H]([C@H]1C(=O)N[C@@H](C[C@@H]1CCNC1=O)C(=O)COC(F)(F)F)C2(C)C. The zero-order valence-electron chi connectivity index (χ0n) is 21.3. The summed E-state index contributed by atoms with van der Waals surface area (Å²) < 4.78 is 41.3. The maximum atomic E-state index is 13.5. The van der Waals surface area contributed by atoms with Crippen LogP contribution in [0.3, 0.4) is 0 Å². The zero-order chi connectivity index (χ0) is 27.2. The quantitative estimate of drug-likeness (QED) is 0.423. The molecule has 204 valence electrons. The van der Waals surface area contributed by atoms with Crippen molar-refractivity contribution in [3.05, 3.63) is 0 Å². The van der Waals surface area contributed by atoms with Gasteiger partial charge >= 0.3 is 6.36 Å². The highest BCUT2D eigenvalue weighted by Crippen LogP contribution is 2.65. The van der Waals surface area contributed by atoms with Crippen molar-refractivity contribution in [1.82, 2.24) is 15.5 Å². The molecule has 1 aliphatic carbocycles. The number of aliphatic hydroxyl groups is 1. The fourth-order valence-corrected chi connectivity index (χ4v) is 5.61. The number of carbonyl (C=O) groups is 4. The molecule has 0 spiro atoms. The Hall–Kier alpha value is -2.21. The summed E-state index contributed by atoms with van der Waals surface area (Å²) in [6.45, 7) is 8.85. The maximum absolute atomic E-state index is 13.5. The molecule has 3 N–H and O–H groups in total. The third-order valence-corrected chi connectivity index (χ3v) is 7.62. The molecule has 0 radical (unpaired) electrons. The van der Waals surface area contributed by atoms with Gasteiger partial charge in [-0.3, -0.25) is 23.9 Å². The summed E-state index contributed by atoms with van der Waals surface area (Å²) >= 11 is 0. The predicted molar refractivity (Wildman–Crippen MR) is 121 cm³/mol. The van der Waals surface area contributed by atoms with Crippen LogP contribution in [0.1, 0.15) is 53.9 Å². The van der Waals surface area contributed by atoms with Crippen LogP contribution in [0.4, 0.5) is 13.2 Å². The molecule has 0 aromatic carbocycles. The van der Waals surface area contributed by atoms with Crippen molar-refractivity contribution in [2.45, 2.75) is 78.4 Å². The van der Waals surface area contributed by atoms with E-state index in [0.717, 1.165) is 0 Å². The van der Waals surface area contributed by atoms with E-state index >= 15 is 0 Å². The lowest BCUT2D eigenvalue weighted by atomic mass is 9.88. The number of amides is 3. The average molecular weight is 520 g/mol.